The van der Waals surface area contributed by atoms with Gasteiger partial charge in [-0.3, -0.25) is 10.1 Å². The Balaban J connectivity index is 1.57. The van der Waals surface area contributed by atoms with E-state index in [9.17, 15) is 4.79 Å². The first-order valence-corrected chi connectivity index (χ1v) is 8.29. The Bertz CT molecular complexity index is 661. The van der Waals surface area contributed by atoms with Crippen molar-refractivity contribution in [1.29, 1.82) is 0 Å². The van der Waals surface area contributed by atoms with Gasteiger partial charge in [0.05, 0.1) is 12.3 Å². The van der Waals surface area contributed by atoms with Crippen LogP contribution in [0.15, 0.2) is 28.8 Å². The van der Waals surface area contributed by atoms with E-state index in [1.807, 2.05) is 12.1 Å². The monoisotopic (exact) mass is 314 g/mol. The molecule has 0 aliphatic heterocycles. The lowest BCUT2D eigenvalue weighted by Gasteiger charge is -2.07. The second-order valence-electron chi connectivity index (χ2n) is 5.82. The maximum atomic E-state index is 12.3. The van der Waals surface area contributed by atoms with Gasteiger partial charge in [0.1, 0.15) is 5.75 Å². The zero-order valence-corrected chi connectivity index (χ0v) is 13.4. The number of nitrogens with one attached hydrogen (secondary N) is 1. The number of carbonyl (C=O) groups excluding carboxylic acids is 1. The highest BCUT2D eigenvalue weighted by atomic mass is 16.5. The number of anilines is 1. The molecule has 0 radical (unpaired) electrons. The molecule has 5 heteroatoms. The van der Waals surface area contributed by atoms with Crippen molar-refractivity contribution in [3.63, 3.8) is 0 Å². The van der Waals surface area contributed by atoms with Crippen molar-refractivity contribution in [3.8, 4) is 5.75 Å². The average Bonchev–Trinajstić information content (AvgIpc) is 3.17. The normalized spacial score (nSPS) is 12.9. The molecule has 0 bridgehead atoms. The van der Waals surface area contributed by atoms with Gasteiger partial charge in [-0.2, -0.15) is 0 Å². The summed E-state index contributed by atoms with van der Waals surface area (Å²) >= 11 is 0. The number of unbranched alkanes of at least 4 members (excludes halogenated alkanes) is 2. The maximum absolute atomic E-state index is 12.3. The van der Waals surface area contributed by atoms with Crippen LogP contribution in [0.25, 0.3) is 0 Å². The molecule has 0 unspecified atom stereocenters. The fourth-order valence-electron chi connectivity index (χ4n) is 2.75. The first kappa shape index (κ1) is 15.6. The first-order valence-electron chi connectivity index (χ1n) is 8.29. The van der Waals surface area contributed by atoms with E-state index in [0.29, 0.717) is 18.1 Å². The van der Waals surface area contributed by atoms with Gasteiger partial charge in [0.15, 0.2) is 0 Å². The molecule has 122 valence electrons. The van der Waals surface area contributed by atoms with E-state index >= 15 is 0 Å². The number of hydrogen-bond acceptors (Lipinski definition) is 4. The van der Waals surface area contributed by atoms with E-state index in [4.69, 9.17) is 9.26 Å². The molecule has 0 saturated heterocycles. The third-order valence-electron chi connectivity index (χ3n) is 4.07. The molecule has 23 heavy (non-hydrogen) atoms. The number of ether oxygens (including phenoxy) is 1. The molecule has 1 aliphatic rings. The summed E-state index contributed by atoms with van der Waals surface area (Å²) < 4.78 is 10.9. The molecule has 0 fully saturated rings. The van der Waals surface area contributed by atoms with Crippen LogP contribution in [0.4, 0.5) is 5.88 Å². The Morgan fingerprint density at radius 2 is 2.09 bits per heavy atom. The lowest BCUT2D eigenvalue weighted by Crippen LogP contribution is -2.12. The molecule has 5 nitrogen and oxygen atoms in total. The van der Waals surface area contributed by atoms with E-state index in [2.05, 4.69) is 17.4 Å². The standard InChI is InChI=1S/C18H22N2O3/c1-2-3-4-12-22-14-10-8-13(9-11-14)17(21)19-18-15-6-5-7-16(15)20-23-18/h8-11H,2-7,12H2,1H3,(H,19,21). The molecule has 1 N–H and O–H groups in total. The van der Waals surface area contributed by atoms with Gasteiger partial charge in [0, 0.05) is 11.1 Å². The minimum Gasteiger partial charge on any atom is -0.494 e. The Kier molecular flexibility index (Phi) is 4.95. The molecule has 0 spiro atoms. The Hall–Kier alpha value is -2.30. The fourth-order valence-corrected chi connectivity index (χ4v) is 2.75. The number of fused-ring (bicyclic) bond motifs is 1. The lowest BCUT2D eigenvalue weighted by molar-refractivity contribution is 0.102. The predicted octanol–water partition coefficient (Wildman–Crippen LogP) is 3.98. The van der Waals surface area contributed by atoms with Gasteiger partial charge >= 0.3 is 0 Å². The number of carbonyl (C=O) groups is 1. The highest BCUT2D eigenvalue weighted by Gasteiger charge is 2.22. The van der Waals surface area contributed by atoms with Crippen molar-refractivity contribution in [2.45, 2.75) is 45.4 Å². The summed E-state index contributed by atoms with van der Waals surface area (Å²) in [5.41, 5.74) is 2.58. The largest absolute Gasteiger partial charge is 0.494 e. The SMILES string of the molecule is CCCCCOc1ccc(C(=O)Nc2onc3c2CCC3)cc1. The van der Waals surface area contributed by atoms with Gasteiger partial charge in [-0.15, -0.1) is 0 Å². The zero-order chi connectivity index (χ0) is 16.1. The molecule has 1 amide bonds. The van der Waals surface area contributed by atoms with Crippen LogP contribution in [0.5, 0.6) is 5.75 Å². The molecule has 2 aromatic rings. The van der Waals surface area contributed by atoms with Crippen molar-refractivity contribution < 1.29 is 14.1 Å². The van der Waals surface area contributed by atoms with Crippen LogP contribution in [0, 0.1) is 0 Å². The van der Waals surface area contributed by atoms with Crippen molar-refractivity contribution in [2.24, 2.45) is 0 Å². The summed E-state index contributed by atoms with van der Waals surface area (Å²) in [6, 6.07) is 7.18. The number of aromatic nitrogens is 1. The van der Waals surface area contributed by atoms with Crippen LogP contribution < -0.4 is 10.1 Å². The number of amides is 1. The van der Waals surface area contributed by atoms with E-state index in [1.165, 1.54) is 12.8 Å². The van der Waals surface area contributed by atoms with Crippen molar-refractivity contribution in [2.75, 3.05) is 11.9 Å². The molecule has 1 heterocycles. The minimum atomic E-state index is -0.187. The first-order chi connectivity index (χ1) is 11.3. The molecule has 1 aliphatic carbocycles. The van der Waals surface area contributed by atoms with Crippen LogP contribution in [-0.2, 0) is 12.8 Å². The number of rotatable bonds is 7. The Morgan fingerprint density at radius 1 is 1.26 bits per heavy atom. The number of aryl methyl sites for hydroxylation is 1. The minimum absolute atomic E-state index is 0.187. The molecule has 0 atom stereocenters. The highest BCUT2D eigenvalue weighted by molar-refractivity contribution is 6.04. The number of hydrogen-bond donors (Lipinski definition) is 1. The van der Waals surface area contributed by atoms with Crippen molar-refractivity contribution in [1.82, 2.24) is 5.16 Å². The van der Waals surface area contributed by atoms with E-state index in [-0.39, 0.29) is 5.91 Å². The Morgan fingerprint density at radius 3 is 2.87 bits per heavy atom. The van der Waals surface area contributed by atoms with Crippen LogP contribution in [0.2, 0.25) is 0 Å². The fraction of sp³-hybridized carbons (Fsp3) is 0.444. The van der Waals surface area contributed by atoms with Crippen molar-refractivity contribution in [3.05, 3.63) is 41.1 Å². The molecule has 3 rings (SSSR count). The van der Waals surface area contributed by atoms with Crippen LogP contribution in [0.3, 0.4) is 0 Å². The summed E-state index contributed by atoms with van der Waals surface area (Å²) in [5, 5.41) is 6.81. The van der Waals surface area contributed by atoms with Crippen molar-refractivity contribution >= 4 is 11.8 Å². The maximum Gasteiger partial charge on any atom is 0.258 e. The molecule has 0 saturated carbocycles. The summed E-state index contributed by atoms with van der Waals surface area (Å²) in [5.74, 6) is 1.09. The third kappa shape index (κ3) is 3.73. The smallest absolute Gasteiger partial charge is 0.258 e. The molecule has 1 aromatic carbocycles. The van der Waals surface area contributed by atoms with Gasteiger partial charge in [-0.1, -0.05) is 24.9 Å². The van der Waals surface area contributed by atoms with Gasteiger partial charge in [-0.05, 0) is 49.9 Å². The van der Waals surface area contributed by atoms with Crippen LogP contribution in [0.1, 0.15) is 54.2 Å². The molecular formula is C18H22N2O3. The summed E-state index contributed by atoms with van der Waals surface area (Å²) in [7, 11) is 0. The summed E-state index contributed by atoms with van der Waals surface area (Å²) in [6.45, 7) is 2.88. The zero-order valence-electron chi connectivity index (χ0n) is 13.4. The van der Waals surface area contributed by atoms with E-state index < -0.39 is 0 Å². The van der Waals surface area contributed by atoms with E-state index in [0.717, 1.165) is 42.7 Å². The number of benzene rings is 1. The quantitative estimate of drug-likeness (QED) is 0.785. The second kappa shape index (κ2) is 7.31. The lowest BCUT2D eigenvalue weighted by atomic mass is 10.2. The van der Waals surface area contributed by atoms with Gasteiger partial charge in [0.2, 0.25) is 5.88 Å². The van der Waals surface area contributed by atoms with Gasteiger partial charge in [-0.25, -0.2) is 0 Å². The Labute approximate surface area is 136 Å². The summed E-state index contributed by atoms with van der Waals surface area (Å²) in [6.07, 6.45) is 6.31. The van der Waals surface area contributed by atoms with Gasteiger partial charge in [0.25, 0.3) is 5.91 Å². The third-order valence-corrected chi connectivity index (χ3v) is 4.07. The van der Waals surface area contributed by atoms with E-state index in [1.54, 1.807) is 12.1 Å². The predicted molar refractivity (Wildman–Crippen MR) is 87.9 cm³/mol. The number of nitrogens with zero attached hydrogens (tertiary/aromatic N) is 1. The topological polar surface area (TPSA) is 64.4 Å². The average molecular weight is 314 g/mol. The van der Waals surface area contributed by atoms with Gasteiger partial charge < -0.3 is 9.26 Å². The second-order valence-corrected chi connectivity index (χ2v) is 5.82. The van der Waals surface area contributed by atoms with Crippen LogP contribution in [-0.4, -0.2) is 17.7 Å². The molecular weight excluding hydrogens is 292 g/mol. The van der Waals surface area contributed by atoms with Crippen LogP contribution >= 0.6 is 0 Å². The highest BCUT2D eigenvalue weighted by Crippen LogP contribution is 2.28. The molecule has 1 aromatic heterocycles. The summed E-state index contributed by atoms with van der Waals surface area (Å²) in [4.78, 5) is 12.3.